The van der Waals surface area contributed by atoms with Crippen molar-refractivity contribution >= 4 is 0 Å². The Hall–Kier alpha value is -1.12. The molecule has 98 valence electrons. The molecule has 7 heteroatoms. The number of rotatable bonds is 5. The summed E-state index contributed by atoms with van der Waals surface area (Å²) in [7, 11) is 0. The molecule has 1 aliphatic rings. The van der Waals surface area contributed by atoms with Gasteiger partial charge in [0.25, 0.3) is 0 Å². The van der Waals surface area contributed by atoms with E-state index in [0.29, 0.717) is 0 Å². The Balaban J connectivity index is 2.69. The molecule has 1 heterocycles. The highest BCUT2D eigenvalue weighted by atomic mass is 16.5. The van der Waals surface area contributed by atoms with Crippen molar-refractivity contribution in [2.75, 3.05) is 6.61 Å². The van der Waals surface area contributed by atoms with Crippen LogP contribution in [0.5, 0.6) is 0 Å². The van der Waals surface area contributed by atoms with E-state index in [1.807, 2.05) is 0 Å². The normalized spacial score (nSPS) is 25.0. The lowest BCUT2D eigenvalue weighted by atomic mass is 10.0. The van der Waals surface area contributed by atoms with Gasteiger partial charge in [-0.3, -0.25) is 0 Å². The van der Waals surface area contributed by atoms with Crippen molar-refractivity contribution < 1.29 is 35.4 Å². The molecule has 0 fully saturated rings. The first-order valence-corrected chi connectivity index (χ1v) is 5.05. The summed E-state index contributed by atoms with van der Waals surface area (Å²) in [5, 5.41) is 55.6. The van der Waals surface area contributed by atoms with Crippen LogP contribution in [-0.4, -0.2) is 61.7 Å². The Morgan fingerprint density at radius 2 is 1.88 bits per heavy atom. The molecule has 0 aliphatic carbocycles. The van der Waals surface area contributed by atoms with Crippen molar-refractivity contribution in [1.29, 1.82) is 0 Å². The lowest BCUT2D eigenvalue weighted by molar-refractivity contribution is -0.114. The molecule has 0 bridgehead atoms. The van der Waals surface area contributed by atoms with Crippen molar-refractivity contribution in [2.24, 2.45) is 0 Å². The molecule has 1 aliphatic heterocycles. The molecular weight excluding hydrogens is 232 g/mol. The fourth-order valence-corrected chi connectivity index (χ4v) is 1.35. The van der Waals surface area contributed by atoms with Crippen molar-refractivity contribution in [3.05, 3.63) is 23.9 Å². The molecule has 0 saturated heterocycles. The molecule has 0 amide bonds. The molecule has 1 rings (SSSR count). The molecule has 0 unspecified atom stereocenters. The summed E-state index contributed by atoms with van der Waals surface area (Å²) in [6.45, 7) is -0.777. The molecule has 0 aromatic heterocycles. The van der Waals surface area contributed by atoms with Gasteiger partial charge in [0.05, 0.1) is 12.9 Å². The van der Waals surface area contributed by atoms with E-state index >= 15 is 0 Å². The minimum absolute atomic E-state index is 0.0576. The first-order valence-electron chi connectivity index (χ1n) is 5.05. The lowest BCUT2D eigenvalue weighted by Crippen LogP contribution is -2.46. The standard InChI is InChI=1S/C10H16O7/c11-4-5(12)7(13)9(15)10(16)8(14)6-2-1-3-17-6/h1,3,5,7,9-16H,2,4H2/t5-,7-,9+,10+/m1/s1. The van der Waals surface area contributed by atoms with E-state index in [4.69, 9.17) is 14.9 Å². The topological polar surface area (TPSA) is 131 Å². The van der Waals surface area contributed by atoms with Gasteiger partial charge in [-0.2, -0.15) is 0 Å². The average Bonchev–Trinajstić information content (AvgIpc) is 2.87. The number of aliphatic hydroxyl groups excluding tert-OH is 6. The molecule has 0 radical (unpaired) electrons. The molecule has 0 saturated carbocycles. The molecule has 6 N–H and O–H groups in total. The minimum atomic E-state index is -1.84. The smallest absolute Gasteiger partial charge is 0.162 e. The molecule has 0 spiro atoms. The third-order valence-electron chi connectivity index (χ3n) is 2.43. The molecule has 0 aromatic rings. The summed E-state index contributed by atoms with van der Waals surface area (Å²) < 4.78 is 4.84. The van der Waals surface area contributed by atoms with Gasteiger partial charge < -0.3 is 35.4 Å². The summed E-state index contributed by atoms with van der Waals surface area (Å²) in [5.41, 5.74) is 0. The fraction of sp³-hybridized carbons (Fsp3) is 0.600. The zero-order valence-corrected chi connectivity index (χ0v) is 8.97. The van der Waals surface area contributed by atoms with E-state index < -0.39 is 36.8 Å². The van der Waals surface area contributed by atoms with Crippen molar-refractivity contribution in [2.45, 2.75) is 30.8 Å². The fourth-order valence-electron chi connectivity index (χ4n) is 1.35. The second-order valence-corrected chi connectivity index (χ2v) is 3.68. The SMILES string of the molecule is OC[C@@H](O)[C@@H](O)[C@H](O)[C@@H](O)C(O)=C1CC=CO1. The third kappa shape index (κ3) is 3.18. The Morgan fingerprint density at radius 3 is 2.35 bits per heavy atom. The van der Waals surface area contributed by atoms with E-state index in [0.717, 1.165) is 0 Å². The minimum Gasteiger partial charge on any atom is -0.506 e. The van der Waals surface area contributed by atoms with Crippen LogP contribution in [0.4, 0.5) is 0 Å². The van der Waals surface area contributed by atoms with Crippen LogP contribution in [0.1, 0.15) is 6.42 Å². The number of allylic oxidation sites excluding steroid dienone is 1. The second-order valence-electron chi connectivity index (χ2n) is 3.68. The summed E-state index contributed by atoms with van der Waals surface area (Å²) >= 11 is 0. The van der Waals surface area contributed by atoms with E-state index in [1.54, 1.807) is 6.08 Å². The maximum absolute atomic E-state index is 9.54. The van der Waals surface area contributed by atoms with Crippen LogP contribution in [0.15, 0.2) is 23.9 Å². The number of hydrogen-bond donors (Lipinski definition) is 6. The Labute approximate surface area is 97.5 Å². The molecule has 0 aromatic carbocycles. The average molecular weight is 248 g/mol. The van der Waals surface area contributed by atoms with Gasteiger partial charge in [-0.05, 0) is 6.08 Å². The van der Waals surface area contributed by atoms with Crippen LogP contribution in [0, 0.1) is 0 Å². The number of aliphatic hydroxyl groups is 6. The van der Waals surface area contributed by atoms with E-state index in [1.165, 1.54) is 6.26 Å². The van der Waals surface area contributed by atoms with Gasteiger partial charge in [0.2, 0.25) is 0 Å². The first-order chi connectivity index (χ1) is 7.99. The Kier molecular flexibility index (Phi) is 4.91. The van der Waals surface area contributed by atoms with E-state index in [9.17, 15) is 20.4 Å². The summed E-state index contributed by atoms with van der Waals surface area (Å²) in [5.74, 6) is -0.561. The quantitative estimate of drug-likeness (QED) is 0.314. The van der Waals surface area contributed by atoms with Gasteiger partial charge >= 0.3 is 0 Å². The van der Waals surface area contributed by atoms with Gasteiger partial charge in [-0.25, -0.2) is 0 Å². The monoisotopic (exact) mass is 248 g/mol. The highest BCUT2D eigenvalue weighted by molar-refractivity contribution is 5.15. The molecule has 7 nitrogen and oxygen atoms in total. The second kappa shape index (κ2) is 5.99. The van der Waals surface area contributed by atoms with Crippen molar-refractivity contribution in [1.82, 2.24) is 0 Å². The predicted octanol–water partition coefficient (Wildman–Crippen LogP) is -1.87. The van der Waals surface area contributed by atoms with Crippen LogP contribution in [-0.2, 0) is 4.74 Å². The Bertz CT molecular complexity index is 302. The maximum atomic E-state index is 9.54. The largest absolute Gasteiger partial charge is 0.506 e. The van der Waals surface area contributed by atoms with Crippen molar-refractivity contribution in [3.63, 3.8) is 0 Å². The van der Waals surface area contributed by atoms with Gasteiger partial charge in [0.1, 0.15) is 30.2 Å². The molecule has 4 atom stereocenters. The van der Waals surface area contributed by atoms with Crippen LogP contribution in [0.2, 0.25) is 0 Å². The summed E-state index contributed by atoms with van der Waals surface area (Å²) in [6, 6.07) is 0. The predicted molar refractivity (Wildman–Crippen MR) is 55.6 cm³/mol. The summed E-state index contributed by atoms with van der Waals surface area (Å²) in [4.78, 5) is 0. The lowest BCUT2D eigenvalue weighted by Gasteiger charge is -2.25. The zero-order valence-electron chi connectivity index (χ0n) is 8.97. The highest BCUT2D eigenvalue weighted by Gasteiger charge is 2.33. The van der Waals surface area contributed by atoms with Crippen LogP contribution in [0.25, 0.3) is 0 Å². The highest BCUT2D eigenvalue weighted by Crippen LogP contribution is 2.21. The number of ether oxygens (including phenoxy) is 1. The number of hydrogen-bond acceptors (Lipinski definition) is 7. The van der Waals surface area contributed by atoms with Crippen LogP contribution < -0.4 is 0 Å². The van der Waals surface area contributed by atoms with Gasteiger partial charge in [-0.1, -0.05) is 0 Å². The van der Waals surface area contributed by atoms with Crippen molar-refractivity contribution in [3.8, 4) is 0 Å². The van der Waals surface area contributed by atoms with Gasteiger partial charge in [0, 0.05) is 6.42 Å². The summed E-state index contributed by atoms with van der Waals surface area (Å²) in [6.07, 6.45) is -3.89. The molecular formula is C10H16O7. The maximum Gasteiger partial charge on any atom is 0.162 e. The Morgan fingerprint density at radius 1 is 1.24 bits per heavy atom. The van der Waals surface area contributed by atoms with E-state index in [-0.39, 0.29) is 12.2 Å². The van der Waals surface area contributed by atoms with Gasteiger partial charge in [-0.15, -0.1) is 0 Å². The van der Waals surface area contributed by atoms with Crippen LogP contribution >= 0.6 is 0 Å². The third-order valence-corrected chi connectivity index (χ3v) is 2.43. The molecule has 17 heavy (non-hydrogen) atoms. The zero-order chi connectivity index (χ0) is 13.0. The first kappa shape index (κ1) is 13.9. The van der Waals surface area contributed by atoms with Gasteiger partial charge in [0.15, 0.2) is 5.76 Å². The van der Waals surface area contributed by atoms with Crippen LogP contribution in [0.3, 0.4) is 0 Å². The van der Waals surface area contributed by atoms with E-state index in [2.05, 4.69) is 0 Å².